The third-order valence-corrected chi connectivity index (χ3v) is 3.49. The number of benzene rings is 1. The summed E-state index contributed by atoms with van der Waals surface area (Å²) in [5, 5.41) is 13.3. The van der Waals surface area contributed by atoms with Gasteiger partial charge in [0.25, 0.3) is 0 Å². The van der Waals surface area contributed by atoms with Crippen LogP contribution in [0.1, 0.15) is 29.9 Å². The van der Waals surface area contributed by atoms with Crippen LogP contribution in [0.5, 0.6) is 5.75 Å². The van der Waals surface area contributed by atoms with Crippen LogP contribution >= 0.6 is 11.6 Å². The van der Waals surface area contributed by atoms with E-state index in [-0.39, 0.29) is 22.5 Å². The van der Waals surface area contributed by atoms with Gasteiger partial charge in [0.15, 0.2) is 0 Å². The molecule has 1 atom stereocenters. The predicted molar refractivity (Wildman–Crippen MR) is 62.7 cm³/mol. The van der Waals surface area contributed by atoms with Crippen molar-refractivity contribution >= 4 is 11.6 Å². The average molecular weight is 244 g/mol. The number of aromatic hydroxyl groups is 1. The van der Waals surface area contributed by atoms with Crippen molar-refractivity contribution in [3.05, 3.63) is 28.0 Å². The second-order valence-corrected chi connectivity index (χ2v) is 4.68. The van der Waals surface area contributed by atoms with Gasteiger partial charge in [-0.15, -0.1) is 0 Å². The first kappa shape index (κ1) is 11.7. The number of hydrogen-bond donors (Lipinski definition) is 2. The first-order valence-corrected chi connectivity index (χ1v) is 5.87. The molecule has 0 aromatic heterocycles. The molecule has 1 heterocycles. The lowest BCUT2D eigenvalue weighted by molar-refractivity contribution is 0.421. The molecule has 4 heteroatoms. The molecule has 1 aliphatic rings. The summed E-state index contributed by atoms with van der Waals surface area (Å²) in [7, 11) is 0. The number of piperidine rings is 1. The van der Waals surface area contributed by atoms with Crippen molar-refractivity contribution < 1.29 is 9.50 Å². The SMILES string of the molecule is Cc1c(F)cc(Cl)c(O)c1C1CCCNC1. The highest BCUT2D eigenvalue weighted by atomic mass is 35.5. The minimum Gasteiger partial charge on any atom is -0.506 e. The van der Waals surface area contributed by atoms with Crippen molar-refractivity contribution in [3.8, 4) is 5.75 Å². The first-order valence-electron chi connectivity index (χ1n) is 5.49. The minimum atomic E-state index is -0.344. The van der Waals surface area contributed by atoms with Crippen molar-refractivity contribution in [3.63, 3.8) is 0 Å². The van der Waals surface area contributed by atoms with Crippen molar-refractivity contribution in [1.82, 2.24) is 5.32 Å². The van der Waals surface area contributed by atoms with Gasteiger partial charge in [0.1, 0.15) is 11.6 Å². The van der Waals surface area contributed by atoms with Crippen molar-refractivity contribution in [1.29, 1.82) is 0 Å². The van der Waals surface area contributed by atoms with Crippen LogP contribution in [0.15, 0.2) is 6.07 Å². The summed E-state index contributed by atoms with van der Waals surface area (Å²) >= 11 is 5.80. The van der Waals surface area contributed by atoms with Gasteiger partial charge in [-0.25, -0.2) is 4.39 Å². The maximum atomic E-state index is 13.6. The Morgan fingerprint density at radius 3 is 2.94 bits per heavy atom. The summed E-state index contributed by atoms with van der Waals surface area (Å²) in [6, 6.07) is 1.17. The summed E-state index contributed by atoms with van der Waals surface area (Å²) in [4.78, 5) is 0. The number of phenolic OH excluding ortho intramolecular Hbond substituents is 1. The molecule has 1 aromatic rings. The van der Waals surface area contributed by atoms with Crippen molar-refractivity contribution in [2.45, 2.75) is 25.7 Å². The molecule has 16 heavy (non-hydrogen) atoms. The van der Waals surface area contributed by atoms with Gasteiger partial charge >= 0.3 is 0 Å². The van der Waals surface area contributed by atoms with Gasteiger partial charge in [0.05, 0.1) is 5.02 Å². The zero-order chi connectivity index (χ0) is 11.7. The van der Waals surface area contributed by atoms with Gasteiger partial charge in [-0.1, -0.05) is 11.6 Å². The van der Waals surface area contributed by atoms with E-state index in [9.17, 15) is 9.50 Å². The topological polar surface area (TPSA) is 32.3 Å². The van der Waals surface area contributed by atoms with E-state index in [1.54, 1.807) is 6.92 Å². The van der Waals surface area contributed by atoms with E-state index >= 15 is 0 Å². The molecule has 0 bridgehead atoms. The van der Waals surface area contributed by atoms with Crippen molar-refractivity contribution in [2.24, 2.45) is 0 Å². The van der Waals surface area contributed by atoms with Crippen LogP contribution in [0.4, 0.5) is 4.39 Å². The van der Waals surface area contributed by atoms with E-state index in [0.717, 1.165) is 25.9 Å². The Morgan fingerprint density at radius 2 is 2.31 bits per heavy atom. The molecule has 0 aliphatic carbocycles. The van der Waals surface area contributed by atoms with Gasteiger partial charge < -0.3 is 10.4 Å². The molecule has 1 aromatic carbocycles. The molecule has 88 valence electrons. The van der Waals surface area contributed by atoms with E-state index < -0.39 is 0 Å². The van der Waals surface area contributed by atoms with Gasteiger partial charge in [0, 0.05) is 18.0 Å². The Kier molecular flexibility index (Phi) is 3.36. The lowest BCUT2D eigenvalue weighted by atomic mass is 9.88. The molecule has 1 aliphatic heterocycles. The molecule has 2 nitrogen and oxygen atoms in total. The van der Waals surface area contributed by atoms with E-state index in [1.165, 1.54) is 6.07 Å². The quantitative estimate of drug-likeness (QED) is 0.795. The fraction of sp³-hybridized carbons (Fsp3) is 0.500. The van der Waals surface area contributed by atoms with Gasteiger partial charge in [-0.05, 0) is 37.9 Å². The molecule has 1 saturated heterocycles. The summed E-state index contributed by atoms with van der Waals surface area (Å²) in [6.07, 6.45) is 2.00. The molecule has 2 N–H and O–H groups in total. The molecule has 0 amide bonds. The van der Waals surface area contributed by atoms with Crippen LogP contribution in [0.25, 0.3) is 0 Å². The van der Waals surface area contributed by atoms with E-state index in [1.807, 2.05) is 0 Å². The molecule has 2 rings (SSSR count). The van der Waals surface area contributed by atoms with Crippen LogP contribution in [0.2, 0.25) is 5.02 Å². The van der Waals surface area contributed by atoms with E-state index in [0.29, 0.717) is 11.1 Å². The second kappa shape index (κ2) is 4.60. The highest BCUT2D eigenvalue weighted by Crippen LogP contribution is 2.38. The molecular weight excluding hydrogens is 229 g/mol. The summed E-state index contributed by atoms with van der Waals surface area (Å²) in [5.41, 5.74) is 1.17. The van der Waals surface area contributed by atoms with Crippen LogP contribution in [0.3, 0.4) is 0 Å². The lowest BCUT2D eigenvalue weighted by Crippen LogP contribution is -2.29. The van der Waals surface area contributed by atoms with E-state index in [4.69, 9.17) is 11.6 Å². The average Bonchev–Trinajstić information content (AvgIpc) is 2.28. The van der Waals surface area contributed by atoms with Crippen LogP contribution in [0, 0.1) is 12.7 Å². The second-order valence-electron chi connectivity index (χ2n) is 4.27. The molecule has 0 spiro atoms. The monoisotopic (exact) mass is 243 g/mol. The standard InChI is InChI=1S/C12H15ClFNO/c1-7-10(14)5-9(13)12(16)11(7)8-3-2-4-15-6-8/h5,8,15-16H,2-4,6H2,1H3. The van der Waals surface area contributed by atoms with Gasteiger partial charge in [0.2, 0.25) is 0 Å². The van der Waals surface area contributed by atoms with Crippen LogP contribution < -0.4 is 5.32 Å². The van der Waals surface area contributed by atoms with Gasteiger partial charge in [-0.2, -0.15) is 0 Å². The third kappa shape index (κ3) is 2.02. The van der Waals surface area contributed by atoms with Crippen molar-refractivity contribution in [2.75, 3.05) is 13.1 Å². The highest BCUT2D eigenvalue weighted by Gasteiger charge is 2.23. The lowest BCUT2D eigenvalue weighted by Gasteiger charge is -2.25. The summed E-state index contributed by atoms with van der Waals surface area (Å²) in [6.45, 7) is 3.45. The smallest absolute Gasteiger partial charge is 0.138 e. The van der Waals surface area contributed by atoms with E-state index in [2.05, 4.69) is 5.32 Å². The third-order valence-electron chi connectivity index (χ3n) is 3.20. The molecule has 1 unspecified atom stereocenters. The van der Waals surface area contributed by atoms with Crippen LogP contribution in [-0.2, 0) is 0 Å². The Balaban J connectivity index is 2.45. The molecular formula is C12H15ClFNO. The normalized spacial score (nSPS) is 21.1. The number of hydrogen-bond acceptors (Lipinski definition) is 2. The zero-order valence-electron chi connectivity index (χ0n) is 9.19. The Labute approximate surface area is 99.4 Å². The fourth-order valence-corrected chi connectivity index (χ4v) is 2.52. The summed E-state index contributed by atoms with van der Waals surface area (Å²) in [5.74, 6) is -0.153. The first-order chi connectivity index (χ1) is 7.61. The number of phenols is 1. The summed E-state index contributed by atoms with van der Waals surface area (Å²) < 4.78 is 13.6. The van der Waals surface area contributed by atoms with Crippen LogP contribution in [-0.4, -0.2) is 18.2 Å². The maximum absolute atomic E-state index is 13.6. The van der Waals surface area contributed by atoms with Gasteiger partial charge in [-0.3, -0.25) is 0 Å². The Morgan fingerprint density at radius 1 is 1.56 bits per heavy atom. The molecule has 0 radical (unpaired) electrons. The highest BCUT2D eigenvalue weighted by molar-refractivity contribution is 6.32. The zero-order valence-corrected chi connectivity index (χ0v) is 9.94. The molecule has 0 saturated carbocycles. The number of halogens is 2. The minimum absolute atomic E-state index is 0.0364. The number of nitrogens with one attached hydrogen (secondary N) is 1. The molecule has 1 fully saturated rings. The largest absolute Gasteiger partial charge is 0.506 e. The fourth-order valence-electron chi connectivity index (χ4n) is 2.32. The number of rotatable bonds is 1. The Hall–Kier alpha value is -0.800. The maximum Gasteiger partial charge on any atom is 0.138 e. The predicted octanol–water partition coefficient (Wildman–Crippen LogP) is 2.96. The Bertz CT molecular complexity index is 376.